The molecule has 2 fully saturated rings. The number of rotatable bonds is 10. The van der Waals surface area contributed by atoms with Crippen molar-refractivity contribution in [3.63, 3.8) is 0 Å². The van der Waals surface area contributed by atoms with Crippen LogP contribution in [0.1, 0.15) is 119 Å². The first-order valence-electron chi connectivity index (χ1n) is 23.3. The van der Waals surface area contributed by atoms with Crippen LogP contribution in [-0.2, 0) is 35.4 Å². The molecule has 0 N–H and O–H groups in total. The number of ether oxygens (including phenoxy) is 2. The van der Waals surface area contributed by atoms with E-state index >= 15 is 0 Å². The van der Waals surface area contributed by atoms with Gasteiger partial charge in [-0.2, -0.15) is 10.5 Å². The van der Waals surface area contributed by atoms with Crippen LogP contribution in [0.5, 0.6) is 0 Å². The van der Waals surface area contributed by atoms with Gasteiger partial charge in [0.1, 0.15) is 22.7 Å². The molecule has 8 aromatic rings. The summed E-state index contributed by atoms with van der Waals surface area (Å²) in [5.41, 5.74) is 18.3. The van der Waals surface area contributed by atoms with E-state index in [0.717, 1.165) is 155 Å². The molecule has 0 amide bonds. The Hall–Kier alpha value is -6.98. The summed E-state index contributed by atoms with van der Waals surface area (Å²) in [6.07, 6.45) is 6.24. The zero-order valence-corrected chi connectivity index (χ0v) is 38.9. The van der Waals surface area contributed by atoms with Crippen LogP contribution in [0.15, 0.2) is 97.1 Å². The number of pyridine rings is 2. The molecule has 2 atom stereocenters. The predicted molar refractivity (Wildman–Crippen MR) is 260 cm³/mol. The molecule has 10 heteroatoms. The van der Waals surface area contributed by atoms with Crippen LogP contribution in [0.25, 0.3) is 44.6 Å². The predicted octanol–water partition coefficient (Wildman–Crippen LogP) is 12.1. The highest BCUT2D eigenvalue weighted by Crippen LogP contribution is 2.35. The van der Waals surface area contributed by atoms with Gasteiger partial charge in [-0.1, -0.05) is 74.5 Å². The SMILES string of the molecule is CCc1nc2c(C)cc(C)nc2n1Cc1ccc(-c2cc(C3CCCO3)ccc2C#N)cc1.CCc1nc2c(C)cc(C)nc2n1Cc1ccc(-c2cc(C3CCCO3)ccc2C#N)cc1. The number of imidazole rings is 2. The third-order valence-corrected chi connectivity index (χ3v) is 13.0. The number of benzene rings is 4. The molecule has 10 nitrogen and oxygen atoms in total. The molecule has 66 heavy (non-hydrogen) atoms. The van der Waals surface area contributed by atoms with Gasteiger partial charge in [0.05, 0.1) is 48.6 Å². The first-order valence-corrected chi connectivity index (χ1v) is 23.3. The third-order valence-electron chi connectivity index (χ3n) is 13.0. The average molecular weight is 873 g/mol. The van der Waals surface area contributed by atoms with E-state index in [1.165, 1.54) is 11.1 Å². The van der Waals surface area contributed by atoms with Crippen molar-refractivity contribution >= 4 is 22.3 Å². The highest BCUT2D eigenvalue weighted by Gasteiger charge is 2.22. The van der Waals surface area contributed by atoms with E-state index in [1.54, 1.807) is 0 Å². The lowest BCUT2D eigenvalue weighted by Gasteiger charge is -2.14. The molecule has 10 rings (SSSR count). The number of nitriles is 2. The van der Waals surface area contributed by atoms with Gasteiger partial charge in [-0.05, 0) is 145 Å². The van der Waals surface area contributed by atoms with Gasteiger partial charge in [0.15, 0.2) is 11.3 Å². The maximum atomic E-state index is 9.67. The van der Waals surface area contributed by atoms with Gasteiger partial charge in [0, 0.05) is 37.4 Å². The molecule has 0 bridgehead atoms. The smallest absolute Gasteiger partial charge is 0.160 e. The van der Waals surface area contributed by atoms with Crippen molar-refractivity contribution in [3.8, 4) is 34.4 Å². The van der Waals surface area contributed by atoms with Gasteiger partial charge in [-0.15, -0.1) is 0 Å². The number of nitrogens with zero attached hydrogens (tertiary/aromatic N) is 8. The summed E-state index contributed by atoms with van der Waals surface area (Å²) in [6, 6.07) is 38.0. The first kappa shape index (κ1) is 44.2. The van der Waals surface area contributed by atoms with Crippen molar-refractivity contribution in [3.05, 3.63) is 165 Å². The van der Waals surface area contributed by atoms with Crippen molar-refractivity contribution in [2.45, 2.75) is 105 Å². The van der Waals surface area contributed by atoms with Crippen LogP contribution in [-0.4, -0.2) is 42.3 Å². The summed E-state index contributed by atoms with van der Waals surface area (Å²) in [6.45, 7) is 15.6. The fraction of sp³-hybridized carbons (Fsp3) is 0.321. The van der Waals surface area contributed by atoms with Gasteiger partial charge >= 0.3 is 0 Å². The fourth-order valence-corrected chi connectivity index (χ4v) is 9.59. The molecule has 0 aliphatic carbocycles. The molecule has 0 radical (unpaired) electrons. The Balaban J connectivity index is 0.000000166. The summed E-state index contributed by atoms with van der Waals surface area (Å²) in [7, 11) is 0. The minimum absolute atomic E-state index is 0.136. The topological polar surface area (TPSA) is 127 Å². The molecule has 0 spiro atoms. The number of aryl methyl sites for hydroxylation is 6. The Labute approximate surface area is 387 Å². The lowest BCUT2D eigenvalue weighted by Crippen LogP contribution is -2.05. The molecular formula is C56H56N8O2. The van der Waals surface area contributed by atoms with E-state index in [2.05, 4.69) is 122 Å². The minimum atomic E-state index is 0.136. The summed E-state index contributed by atoms with van der Waals surface area (Å²) >= 11 is 0. The Morgan fingerprint density at radius 3 is 1.30 bits per heavy atom. The zero-order valence-electron chi connectivity index (χ0n) is 38.9. The monoisotopic (exact) mass is 872 g/mol. The molecule has 2 saturated heterocycles. The molecule has 2 aliphatic rings. The van der Waals surface area contributed by atoms with Crippen LogP contribution in [0, 0.1) is 50.4 Å². The van der Waals surface area contributed by atoms with Crippen LogP contribution >= 0.6 is 0 Å². The maximum absolute atomic E-state index is 9.67. The second-order valence-electron chi connectivity index (χ2n) is 17.7. The summed E-state index contributed by atoms with van der Waals surface area (Å²) in [5.74, 6) is 2.10. The quantitative estimate of drug-likeness (QED) is 0.133. The van der Waals surface area contributed by atoms with Crippen molar-refractivity contribution in [2.75, 3.05) is 13.2 Å². The Morgan fingerprint density at radius 1 is 0.545 bits per heavy atom. The first-order chi connectivity index (χ1) is 32.1. The van der Waals surface area contributed by atoms with Crippen LogP contribution in [0.4, 0.5) is 0 Å². The Morgan fingerprint density at radius 2 is 0.955 bits per heavy atom. The van der Waals surface area contributed by atoms with Crippen LogP contribution < -0.4 is 0 Å². The van der Waals surface area contributed by atoms with Gasteiger partial charge < -0.3 is 18.6 Å². The van der Waals surface area contributed by atoms with E-state index in [0.29, 0.717) is 11.1 Å². The minimum Gasteiger partial charge on any atom is -0.374 e. The van der Waals surface area contributed by atoms with Crippen molar-refractivity contribution < 1.29 is 9.47 Å². The molecule has 332 valence electrons. The molecule has 4 aromatic heterocycles. The largest absolute Gasteiger partial charge is 0.374 e. The molecule has 2 aliphatic heterocycles. The molecular weight excluding hydrogens is 817 g/mol. The third kappa shape index (κ3) is 9.00. The maximum Gasteiger partial charge on any atom is 0.160 e. The lowest BCUT2D eigenvalue weighted by atomic mass is 9.94. The van der Waals surface area contributed by atoms with E-state index in [4.69, 9.17) is 29.4 Å². The number of hydrogen-bond donors (Lipinski definition) is 0. The average Bonchev–Trinajstić information content (AvgIpc) is 4.18. The fourth-order valence-electron chi connectivity index (χ4n) is 9.59. The lowest BCUT2D eigenvalue weighted by molar-refractivity contribution is 0.112. The highest BCUT2D eigenvalue weighted by molar-refractivity contribution is 5.77. The van der Waals surface area contributed by atoms with E-state index in [-0.39, 0.29) is 12.2 Å². The summed E-state index contributed by atoms with van der Waals surface area (Å²) < 4.78 is 16.2. The highest BCUT2D eigenvalue weighted by atomic mass is 16.5. The van der Waals surface area contributed by atoms with E-state index in [1.807, 2.05) is 38.1 Å². The Bertz CT molecular complexity index is 2920. The second kappa shape index (κ2) is 19.2. The Kier molecular flexibility index (Phi) is 12.9. The van der Waals surface area contributed by atoms with Gasteiger partial charge in [-0.3, -0.25) is 0 Å². The van der Waals surface area contributed by atoms with Gasteiger partial charge in [-0.25, -0.2) is 19.9 Å². The van der Waals surface area contributed by atoms with Crippen LogP contribution in [0.2, 0.25) is 0 Å². The number of fused-ring (bicyclic) bond motifs is 2. The summed E-state index contributed by atoms with van der Waals surface area (Å²) in [5, 5.41) is 19.3. The van der Waals surface area contributed by atoms with Crippen LogP contribution in [0.3, 0.4) is 0 Å². The number of aromatic nitrogens is 6. The van der Waals surface area contributed by atoms with Crippen molar-refractivity contribution in [1.29, 1.82) is 10.5 Å². The molecule has 2 unspecified atom stereocenters. The summed E-state index contributed by atoms with van der Waals surface area (Å²) in [4.78, 5) is 19.3. The van der Waals surface area contributed by atoms with E-state index < -0.39 is 0 Å². The van der Waals surface area contributed by atoms with Gasteiger partial charge in [0.25, 0.3) is 0 Å². The zero-order chi connectivity index (χ0) is 45.9. The molecule has 6 heterocycles. The van der Waals surface area contributed by atoms with E-state index in [9.17, 15) is 10.5 Å². The number of hydrogen-bond acceptors (Lipinski definition) is 8. The van der Waals surface area contributed by atoms with Gasteiger partial charge in [0.2, 0.25) is 0 Å². The normalized spacial score (nSPS) is 15.8. The molecule has 4 aromatic carbocycles. The van der Waals surface area contributed by atoms with Crippen molar-refractivity contribution in [1.82, 2.24) is 29.1 Å². The molecule has 0 saturated carbocycles. The standard InChI is InChI=1S/2C28H28N4O/c2*1-4-26-31-27-18(2)14-19(3)30-28(27)32(26)17-20-7-9-21(10-8-20)24-15-22(11-12-23(24)16-29)25-6-5-13-33-25/h2*7-12,14-15,25H,4-6,13,17H2,1-3H3. The second-order valence-corrected chi connectivity index (χ2v) is 17.7. The van der Waals surface area contributed by atoms with Crippen molar-refractivity contribution in [2.24, 2.45) is 0 Å².